The summed E-state index contributed by atoms with van der Waals surface area (Å²) in [7, 11) is 0. The first-order chi connectivity index (χ1) is 7.95. The minimum Gasteiger partial charge on any atom is -0.284 e. The maximum absolute atomic E-state index is 12.1. The Bertz CT molecular complexity index is 365. The lowest BCUT2D eigenvalue weighted by molar-refractivity contribution is -0.0885. The third-order valence-corrected chi connectivity index (χ3v) is 2.54. The van der Waals surface area contributed by atoms with Gasteiger partial charge in [-0.3, -0.25) is 4.79 Å². The van der Waals surface area contributed by atoms with Crippen LogP contribution in [0.15, 0.2) is 24.3 Å². The van der Waals surface area contributed by atoms with Gasteiger partial charge in [0.1, 0.15) is 0 Å². The SMILES string of the molecule is CCCCCc1ccc(C(=O)C(F)(F)F)cc1. The number of carbonyl (C=O) groups is 1. The molecule has 0 atom stereocenters. The van der Waals surface area contributed by atoms with Gasteiger partial charge in [-0.05, 0) is 18.4 Å². The standard InChI is InChI=1S/C13H15F3O/c1-2-3-4-5-10-6-8-11(9-7-10)12(17)13(14,15)16/h6-9H,2-5H2,1H3. The van der Waals surface area contributed by atoms with Crippen molar-refractivity contribution >= 4 is 5.78 Å². The van der Waals surface area contributed by atoms with Crippen LogP contribution in [0.2, 0.25) is 0 Å². The van der Waals surface area contributed by atoms with Crippen molar-refractivity contribution in [3.8, 4) is 0 Å². The number of hydrogen-bond acceptors (Lipinski definition) is 1. The van der Waals surface area contributed by atoms with Crippen LogP contribution in [0.1, 0.15) is 42.1 Å². The molecule has 0 aliphatic carbocycles. The zero-order chi connectivity index (χ0) is 12.9. The molecule has 0 heterocycles. The number of benzene rings is 1. The van der Waals surface area contributed by atoms with Gasteiger partial charge in [0.2, 0.25) is 0 Å². The van der Waals surface area contributed by atoms with E-state index in [-0.39, 0.29) is 5.56 Å². The van der Waals surface area contributed by atoms with Crippen LogP contribution in [0.4, 0.5) is 13.2 Å². The second-order valence-electron chi connectivity index (χ2n) is 3.98. The summed E-state index contributed by atoms with van der Waals surface area (Å²) in [5.74, 6) is -1.78. The van der Waals surface area contributed by atoms with Crippen molar-refractivity contribution in [1.82, 2.24) is 0 Å². The zero-order valence-electron chi connectivity index (χ0n) is 9.68. The second kappa shape index (κ2) is 5.84. The fourth-order valence-corrected chi connectivity index (χ4v) is 1.57. The lowest BCUT2D eigenvalue weighted by Gasteiger charge is -2.06. The van der Waals surface area contributed by atoms with Crippen molar-refractivity contribution in [2.45, 2.75) is 38.8 Å². The molecule has 0 aliphatic rings. The zero-order valence-corrected chi connectivity index (χ0v) is 9.68. The van der Waals surface area contributed by atoms with E-state index in [9.17, 15) is 18.0 Å². The summed E-state index contributed by atoms with van der Waals surface area (Å²) in [5, 5.41) is 0. The van der Waals surface area contributed by atoms with E-state index < -0.39 is 12.0 Å². The number of Topliss-reactive ketones (excluding diaryl/α,β-unsaturated/α-hetero) is 1. The summed E-state index contributed by atoms with van der Waals surface area (Å²) in [5.41, 5.74) is 0.675. The molecule has 0 radical (unpaired) electrons. The Labute approximate surface area is 98.6 Å². The summed E-state index contributed by atoms with van der Waals surface area (Å²) in [6, 6.07) is 5.68. The Balaban J connectivity index is 2.65. The highest BCUT2D eigenvalue weighted by atomic mass is 19.4. The van der Waals surface area contributed by atoms with Gasteiger partial charge >= 0.3 is 6.18 Å². The van der Waals surface area contributed by atoms with Gasteiger partial charge in [-0.15, -0.1) is 0 Å². The van der Waals surface area contributed by atoms with Gasteiger partial charge in [-0.2, -0.15) is 13.2 Å². The molecule has 0 amide bonds. The monoisotopic (exact) mass is 244 g/mol. The van der Waals surface area contributed by atoms with Crippen molar-refractivity contribution in [3.63, 3.8) is 0 Å². The first-order valence-electron chi connectivity index (χ1n) is 5.65. The molecule has 0 unspecified atom stereocenters. The summed E-state index contributed by atoms with van der Waals surface area (Å²) in [6.07, 6.45) is -0.727. The summed E-state index contributed by atoms with van der Waals surface area (Å²) in [6.45, 7) is 2.09. The summed E-state index contributed by atoms with van der Waals surface area (Å²) in [4.78, 5) is 10.9. The molecule has 4 heteroatoms. The number of ketones is 1. The third-order valence-electron chi connectivity index (χ3n) is 2.54. The number of alkyl halides is 3. The van der Waals surface area contributed by atoms with Crippen molar-refractivity contribution in [3.05, 3.63) is 35.4 Å². The van der Waals surface area contributed by atoms with Crippen molar-refractivity contribution in [2.24, 2.45) is 0 Å². The molecule has 0 bridgehead atoms. The molecule has 0 spiro atoms. The Kier molecular flexibility index (Phi) is 4.73. The topological polar surface area (TPSA) is 17.1 Å². The van der Waals surface area contributed by atoms with Gasteiger partial charge in [0.25, 0.3) is 5.78 Å². The molecule has 0 N–H and O–H groups in total. The number of unbranched alkanes of at least 4 members (excludes halogenated alkanes) is 2. The van der Waals surface area contributed by atoms with Crippen molar-refractivity contribution < 1.29 is 18.0 Å². The minimum absolute atomic E-state index is 0.295. The first-order valence-corrected chi connectivity index (χ1v) is 5.65. The summed E-state index contributed by atoms with van der Waals surface area (Å²) >= 11 is 0. The lowest BCUT2D eigenvalue weighted by Crippen LogP contribution is -2.22. The fraction of sp³-hybridized carbons (Fsp3) is 0.462. The average molecular weight is 244 g/mol. The van der Waals surface area contributed by atoms with Crippen molar-refractivity contribution in [2.75, 3.05) is 0 Å². The molecular formula is C13H15F3O. The third kappa shape index (κ3) is 4.21. The Morgan fingerprint density at radius 1 is 1.12 bits per heavy atom. The van der Waals surface area contributed by atoms with E-state index in [1.54, 1.807) is 12.1 Å². The van der Waals surface area contributed by atoms with Gasteiger partial charge in [-0.25, -0.2) is 0 Å². The highest BCUT2D eigenvalue weighted by Gasteiger charge is 2.39. The molecule has 1 aromatic carbocycles. The van der Waals surface area contributed by atoms with Gasteiger partial charge in [0, 0.05) is 5.56 Å². The summed E-state index contributed by atoms with van der Waals surface area (Å²) < 4.78 is 36.4. The number of halogens is 3. The smallest absolute Gasteiger partial charge is 0.284 e. The Morgan fingerprint density at radius 2 is 1.71 bits per heavy atom. The van der Waals surface area contributed by atoms with E-state index >= 15 is 0 Å². The van der Waals surface area contributed by atoms with Crippen LogP contribution in [0.3, 0.4) is 0 Å². The average Bonchev–Trinajstić information content (AvgIpc) is 2.28. The Hall–Kier alpha value is -1.32. The number of rotatable bonds is 5. The van der Waals surface area contributed by atoms with E-state index in [1.807, 2.05) is 0 Å². The molecule has 94 valence electrons. The molecule has 0 saturated carbocycles. The fourth-order valence-electron chi connectivity index (χ4n) is 1.57. The molecule has 17 heavy (non-hydrogen) atoms. The van der Waals surface area contributed by atoms with Crippen LogP contribution in [-0.2, 0) is 6.42 Å². The Morgan fingerprint density at radius 3 is 2.18 bits per heavy atom. The molecule has 0 aromatic heterocycles. The van der Waals surface area contributed by atoms with Crippen LogP contribution < -0.4 is 0 Å². The molecule has 0 aliphatic heterocycles. The highest BCUT2D eigenvalue weighted by molar-refractivity contribution is 6.00. The highest BCUT2D eigenvalue weighted by Crippen LogP contribution is 2.21. The molecular weight excluding hydrogens is 229 g/mol. The predicted molar refractivity (Wildman–Crippen MR) is 60.1 cm³/mol. The predicted octanol–water partition coefficient (Wildman–Crippen LogP) is 4.16. The van der Waals surface area contributed by atoms with Crippen molar-refractivity contribution in [1.29, 1.82) is 0 Å². The van der Waals surface area contributed by atoms with E-state index in [4.69, 9.17) is 0 Å². The van der Waals surface area contributed by atoms with Crippen LogP contribution in [0.25, 0.3) is 0 Å². The quantitative estimate of drug-likeness (QED) is 0.561. The molecule has 0 saturated heterocycles. The molecule has 0 fully saturated rings. The van der Waals surface area contributed by atoms with E-state index in [1.165, 1.54) is 12.1 Å². The normalized spacial score (nSPS) is 11.5. The maximum Gasteiger partial charge on any atom is 0.454 e. The first kappa shape index (κ1) is 13.7. The number of hydrogen-bond donors (Lipinski definition) is 0. The second-order valence-corrected chi connectivity index (χ2v) is 3.98. The number of aryl methyl sites for hydroxylation is 1. The van der Waals surface area contributed by atoms with Crippen LogP contribution in [0, 0.1) is 0 Å². The lowest BCUT2D eigenvalue weighted by atomic mass is 10.0. The largest absolute Gasteiger partial charge is 0.454 e. The van der Waals surface area contributed by atoms with Crippen LogP contribution in [-0.4, -0.2) is 12.0 Å². The van der Waals surface area contributed by atoms with E-state index in [0.29, 0.717) is 0 Å². The maximum atomic E-state index is 12.1. The van der Waals surface area contributed by atoms with Gasteiger partial charge in [0.05, 0.1) is 0 Å². The number of carbonyl (C=O) groups excluding carboxylic acids is 1. The van der Waals surface area contributed by atoms with Gasteiger partial charge < -0.3 is 0 Å². The van der Waals surface area contributed by atoms with Gasteiger partial charge in [0.15, 0.2) is 0 Å². The molecule has 1 rings (SSSR count). The minimum atomic E-state index is -4.79. The molecule has 1 nitrogen and oxygen atoms in total. The van der Waals surface area contributed by atoms with E-state index in [0.717, 1.165) is 31.2 Å². The van der Waals surface area contributed by atoms with Gasteiger partial charge in [-0.1, -0.05) is 44.0 Å². The van der Waals surface area contributed by atoms with Crippen LogP contribution >= 0.6 is 0 Å². The van der Waals surface area contributed by atoms with E-state index in [2.05, 4.69) is 6.92 Å². The van der Waals surface area contributed by atoms with Crippen LogP contribution in [0.5, 0.6) is 0 Å². The molecule has 1 aromatic rings.